The summed E-state index contributed by atoms with van der Waals surface area (Å²) in [6, 6.07) is 0.335. The summed E-state index contributed by atoms with van der Waals surface area (Å²) in [6.07, 6.45) is 0.438. The van der Waals surface area contributed by atoms with Crippen molar-refractivity contribution in [2.24, 2.45) is 0 Å². The lowest BCUT2D eigenvalue weighted by molar-refractivity contribution is -0.147. The Bertz CT molecular complexity index is 271. The van der Waals surface area contributed by atoms with Crippen molar-refractivity contribution in [2.75, 3.05) is 5.88 Å². The quantitative estimate of drug-likeness (QED) is 0.531. The summed E-state index contributed by atoms with van der Waals surface area (Å²) in [5.41, 5.74) is 0. The van der Waals surface area contributed by atoms with Gasteiger partial charge < -0.3 is 9.64 Å². The van der Waals surface area contributed by atoms with Gasteiger partial charge in [0.2, 0.25) is 5.91 Å². The van der Waals surface area contributed by atoms with Gasteiger partial charge in [0.25, 0.3) is 0 Å². The van der Waals surface area contributed by atoms with Crippen LogP contribution < -0.4 is 0 Å². The third-order valence-electron chi connectivity index (χ3n) is 2.59. The summed E-state index contributed by atoms with van der Waals surface area (Å²) in [5, 5.41) is 0. The first-order valence-corrected chi connectivity index (χ1v) is 6.87. The topological polar surface area (TPSA) is 46.6 Å². The van der Waals surface area contributed by atoms with E-state index in [1.165, 1.54) is 6.92 Å². The molecule has 0 aliphatic heterocycles. The van der Waals surface area contributed by atoms with Gasteiger partial charge in [-0.1, -0.05) is 0 Å². The Kier molecular flexibility index (Phi) is 8.00. The van der Waals surface area contributed by atoms with Crippen molar-refractivity contribution < 1.29 is 14.3 Å². The number of hydrogen-bond acceptors (Lipinski definition) is 3. The van der Waals surface area contributed by atoms with E-state index in [2.05, 4.69) is 0 Å². The molecule has 18 heavy (non-hydrogen) atoms. The molecule has 0 aromatic carbocycles. The van der Waals surface area contributed by atoms with Gasteiger partial charge in [0, 0.05) is 25.4 Å². The molecule has 0 saturated carbocycles. The second-order valence-electron chi connectivity index (χ2n) is 4.91. The Balaban J connectivity index is 4.33. The van der Waals surface area contributed by atoms with Crippen LogP contribution in [-0.4, -0.2) is 40.8 Å². The van der Waals surface area contributed by atoms with Gasteiger partial charge in [-0.05, 0) is 34.1 Å². The minimum Gasteiger partial charge on any atom is -0.461 e. The number of rotatable bonds is 7. The largest absolute Gasteiger partial charge is 0.461 e. The summed E-state index contributed by atoms with van der Waals surface area (Å²) in [5.74, 6) is -0.0733. The standard InChI is InChI=1S/C13H24ClNO3/c1-9(2)15(10(3)4)13(17)7-6-12(8-14)18-11(5)16/h9-10,12H,6-8H2,1-5H3/t12-/m0/s1. The molecule has 0 radical (unpaired) electrons. The molecular formula is C13H24ClNO3. The first-order valence-electron chi connectivity index (χ1n) is 6.33. The molecule has 5 heteroatoms. The van der Waals surface area contributed by atoms with Gasteiger partial charge in [-0.2, -0.15) is 0 Å². The van der Waals surface area contributed by atoms with Gasteiger partial charge >= 0.3 is 5.97 Å². The first-order chi connectivity index (χ1) is 8.29. The molecular weight excluding hydrogens is 254 g/mol. The monoisotopic (exact) mass is 277 g/mol. The third kappa shape index (κ3) is 6.24. The maximum absolute atomic E-state index is 12.1. The van der Waals surface area contributed by atoms with Gasteiger partial charge in [-0.25, -0.2) is 0 Å². The second-order valence-corrected chi connectivity index (χ2v) is 5.22. The van der Waals surface area contributed by atoms with E-state index in [-0.39, 0.29) is 35.9 Å². The van der Waals surface area contributed by atoms with Crippen molar-refractivity contribution in [3.05, 3.63) is 0 Å². The molecule has 0 aromatic heterocycles. The van der Waals surface area contributed by atoms with Gasteiger partial charge in [0.1, 0.15) is 6.10 Å². The first kappa shape index (κ1) is 17.2. The van der Waals surface area contributed by atoms with Crippen LogP contribution in [0.25, 0.3) is 0 Å². The van der Waals surface area contributed by atoms with Gasteiger partial charge in [-0.15, -0.1) is 11.6 Å². The summed E-state index contributed by atoms with van der Waals surface area (Å²) < 4.78 is 5.01. The fourth-order valence-corrected chi connectivity index (χ4v) is 2.21. The van der Waals surface area contributed by atoms with E-state index in [0.717, 1.165) is 0 Å². The molecule has 4 nitrogen and oxygen atoms in total. The van der Waals surface area contributed by atoms with Crippen LogP contribution in [0.5, 0.6) is 0 Å². The van der Waals surface area contributed by atoms with Crippen LogP contribution in [0.4, 0.5) is 0 Å². The molecule has 1 atom stereocenters. The molecule has 0 saturated heterocycles. The van der Waals surface area contributed by atoms with E-state index < -0.39 is 0 Å². The molecule has 0 aromatic rings. The Morgan fingerprint density at radius 3 is 2.00 bits per heavy atom. The van der Waals surface area contributed by atoms with E-state index in [4.69, 9.17) is 16.3 Å². The predicted octanol–water partition coefficient (Wildman–Crippen LogP) is 2.58. The maximum atomic E-state index is 12.1. The normalized spacial score (nSPS) is 12.7. The Morgan fingerprint density at radius 1 is 1.17 bits per heavy atom. The Hall–Kier alpha value is -0.770. The van der Waals surface area contributed by atoms with Crippen molar-refractivity contribution in [2.45, 2.75) is 65.6 Å². The zero-order valence-corrected chi connectivity index (χ0v) is 12.7. The van der Waals surface area contributed by atoms with Gasteiger partial charge in [0.15, 0.2) is 0 Å². The number of carbonyl (C=O) groups is 2. The van der Waals surface area contributed by atoms with Crippen LogP contribution in [0.2, 0.25) is 0 Å². The fraction of sp³-hybridized carbons (Fsp3) is 0.846. The number of hydrogen-bond donors (Lipinski definition) is 0. The third-order valence-corrected chi connectivity index (χ3v) is 2.93. The number of alkyl halides is 1. The van der Waals surface area contributed by atoms with Crippen LogP contribution in [0, 0.1) is 0 Å². The van der Waals surface area contributed by atoms with Crippen LogP contribution in [0.1, 0.15) is 47.5 Å². The number of amides is 1. The fourth-order valence-electron chi connectivity index (χ4n) is 1.99. The smallest absolute Gasteiger partial charge is 0.302 e. The highest BCUT2D eigenvalue weighted by molar-refractivity contribution is 6.18. The highest BCUT2D eigenvalue weighted by atomic mass is 35.5. The van der Waals surface area contributed by atoms with E-state index in [1.54, 1.807) is 0 Å². The molecule has 0 fully saturated rings. The highest BCUT2D eigenvalue weighted by Gasteiger charge is 2.21. The zero-order chi connectivity index (χ0) is 14.3. The van der Waals surface area contributed by atoms with Gasteiger partial charge in [-0.3, -0.25) is 9.59 Å². The predicted molar refractivity (Wildman–Crippen MR) is 72.6 cm³/mol. The summed E-state index contributed by atoms with van der Waals surface area (Å²) >= 11 is 5.70. The van der Waals surface area contributed by atoms with Crippen molar-refractivity contribution in [1.82, 2.24) is 4.90 Å². The average molecular weight is 278 g/mol. The molecule has 0 aliphatic rings. The minimum absolute atomic E-state index is 0.0715. The number of ether oxygens (including phenoxy) is 1. The van der Waals surface area contributed by atoms with E-state index in [9.17, 15) is 9.59 Å². The molecule has 0 bridgehead atoms. The summed E-state index contributed by atoms with van der Waals surface area (Å²) in [6.45, 7) is 9.30. The van der Waals surface area contributed by atoms with E-state index in [1.807, 2.05) is 32.6 Å². The SMILES string of the molecule is CC(=O)O[C@H](CCl)CCC(=O)N(C(C)C)C(C)C. The van der Waals surface area contributed by atoms with Crippen LogP contribution in [0.3, 0.4) is 0 Å². The van der Waals surface area contributed by atoms with Crippen LogP contribution >= 0.6 is 11.6 Å². The Morgan fingerprint density at radius 2 is 1.67 bits per heavy atom. The van der Waals surface area contributed by atoms with E-state index >= 15 is 0 Å². The molecule has 0 N–H and O–H groups in total. The highest BCUT2D eigenvalue weighted by Crippen LogP contribution is 2.12. The minimum atomic E-state index is -0.380. The van der Waals surface area contributed by atoms with E-state index in [0.29, 0.717) is 12.8 Å². The van der Waals surface area contributed by atoms with Crippen LogP contribution in [-0.2, 0) is 14.3 Å². The molecule has 0 unspecified atom stereocenters. The number of carbonyl (C=O) groups excluding carboxylic acids is 2. The molecule has 1 amide bonds. The molecule has 0 spiro atoms. The molecule has 0 aliphatic carbocycles. The summed E-state index contributed by atoms with van der Waals surface area (Å²) in [4.78, 5) is 24.7. The number of esters is 1. The number of nitrogens with zero attached hydrogens (tertiary/aromatic N) is 1. The van der Waals surface area contributed by atoms with Gasteiger partial charge in [0.05, 0.1) is 5.88 Å². The van der Waals surface area contributed by atoms with Crippen molar-refractivity contribution in [1.29, 1.82) is 0 Å². The van der Waals surface area contributed by atoms with Crippen molar-refractivity contribution in [3.63, 3.8) is 0 Å². The van der Waals surface area contributed by atoms with Crippen molar-refractivity contribution in [3.8, 4) is 0 Å². The average Bonchev–Trinajstić information content (AvgIpc) is 2.22. The summed E-state index contributed by atoms with van der Waals surface area (Å²) in [7, 11) is 0. The second kappa shape index (κ2) is 8.35. The maximum Gasteiger partial charge on any atom is 0.302 e. The van der Waals surface area contributed by atoms with Crippen molar-refractivity contribution >= 4 is 23.5 Å². The lowest BCUT2D eigenvalue weighted by Gasteiger charge is -2.31. The lowest BCUT2D eigenvalue weighted by Crippen LogP contribution is -2.42. The lowest BCUT2D eigenvalue weighted by atomic mass is 10.1. The van der Waals surface area contributed by atoms with Crippen LogP contribution in [0.15, 0.2) is 0 Å². The molecule has 0 rings (SSSR count). The zero-order valence-electron chi connectivity index (χ0n) is 11.9. The molecule has 106 valence electrons. The number of halogens is 1. The molecule has 0 heterocycles. The Labute approximate surface area is 115 Å².